The van der Waals surface area contributed by atoms with E-state index < -0.39 is 0 Å². The lowest BCUT2D eigenvalue weighted by atomic mass is 9.87. The zero-order valence-corrected chi connectivity index (χ0v) is 9.24. The number of hydrogen-bond donors (Lipinski definition) is 1. The first-order chi connectivity index (χ1) is 5.95. The van der Waals surface area contributed by atoms with Crippen LogP contribution in [0.15, 0.2) is 0 Å². The number of nitrogens with one attached hydrogen (secondary N) is 1. The normalized spacial score (nSPS) is 25.8. The van der Waals surface area contributed by atoms with Crippen LogP contribution in [0.2, 0.25) is 0 Å². The van der Waals surface area contributed by atoms with Crippen molar-refractivity contribution < 1.29 is 0 Å². The van der Waals surface area contributed by atoms with E-state index in [-0.39, 0.29) is 12.4 Å². The Balaban J connectivity index is 0.000000845. The molecule has 1 saturated carbocycles. The highest BCUT2D eigenvalue weighted by atomic mass is 35.5. The van der Waals surface area contributed by atoms with Gasteiger partial charge in [-0.05, 0) is 44.2 Å². The Kier molecular flexibility index (Phi) is 5.12. The van der Waals surface area contributed by atoms with Gasteiger partial charge < -0.3 is 5.32 Å². The smallest absolute Gasteiger partial charge is 0.00463 e. The summed E-state index contributed by atoms with van der Waals surface area (Å²) in [5.74, 6) is 2.17. The number of hydrogen-bond acceptors (Lipinski definition) is 1. The molecule has 13 heavy (non-hydrogen) atoms. The van der Waals surface area contributed by atoms with E-state index in [1.807, 2.05) is 0 Å². The van der Waals surface area contributed by atoms with Crippen molar-refractivity contribution in [2.24, 2.45) is 11.8 Å². The molecule has 0 spiro atoms. The van der Waals surface area contributed by atoms with Gasteiger partial charge in [-0.1, -0.05) is 25.7 Å². The Morgan fingerprint density at radius 3 is 2.00 bits per heavy atom. The first-order valence-electron chi connectivity index (χ1n) is 5.66. The van der Waals surface area contributed by atoms with Gasteiger partial charge in [0.05, 0.1) is 0 Å². The van der Waals surface area contributed by atoms with Crippen molar-refractivity contribution in [2.75, 3.05) is 13.1 Å². The highest BCUT2D eigenvalue weighted by molar-refractivity contribution is 5.85. The summed E-state index contributed by atoms with van der Waals surface area (Å²) in [6, 6.07) is 0. The van der Waals surface area contributed by atoms with Gasteiger partial charge in [0, 0.05) is 0 Å². The molecule has 1 nitrogen and oxygen atoms in total. The Morgan fingerprint density at radius 2 is 1.38 bits per heavy atom. The molecule has 0 aromatic rings. The lowest BCUT2D eigenvalue weighted by molar-refractivity contribution is 0.301. The molecular weight excluding hydrogens is 182 g/mol. The third-order valence-electron chi connectivity index (χ3n) is 3.60. The second-order valence-corrected chi connectivity index (χ2v) is 4.58. The average Bonchev–Trinajstić information content (AvgIpc) is 2.59. The minimum atomic E-state index is 0. The van der Waals surface area contributed by atoms with E-state index in [1.165, 1.54) is 51.6 Å². The number of rotatable bonds is 2. The molecule has 1 heterocycles. The predicted octanol–water partition coefficient (Wildman–Crippen LogP) is 2.99. The fourth-order valence-electron chi connectivity index (χ4n) is 2.83. The molecule has 2 fully saturated rings. The van der Waals surface area contributed by atoms with Crippen LogP contribution in [0.1, 0.15) is 44.9 Å². The SMILES string of the molecule is C1CCC(CC2CCNCC2)C1.Cl. The van der Waals surface area contributed by atoms with Crippen molar-refractivity contribution in [3.8, 4) is 0 Å². The van der Waals surface area contributed by atoms with E-state index in [0.717, 1.165) is 11.8 Å². The summed E-state index contributed by atoms with van der Waals surface area (Å²) in [6.45, 7) is 2.55. The van der Waals surface area contributed by atoms with Gasteiger partial charge >= 0.3 is 0 Å². The van der Waals surface area contributed by atoms with Crippen LogP contribution in [-0.2, 0) is 0 Å². The second kappa shape index (κ2) is 5.87. The summed E-state index contributed by atoms with van der Waals surface area (Å²) in [6.07, 6.45) is 10.5. The minimum Gasteiger partial charge on any atom is -0.317 e. The zero-order chi connectivity index (χ0) is 8.23. The van der Waals surface area contributed by atoms with Crippen molar-refractivity contribution >= 4 is 12.4 Å². The third-order valence-corrected chi connectivity index (χ3v) is 3.60. The standard InChI is InChI=1S/C11H21N.ClH/c1-2-4-10(3-1)9-11-5-7-12-8-6-11;/h10-12H,1-9H2;1H. The first kappa shape index (κ1) is 11.3. The van der Waals surface area contributed by atoms with Crippen LogP contribution in [0, 0.1) is 11.8 Å². The van der Waals surface area contributed by atoms with E-state index >= 15 is 0 Å². The van der Waals surface area contributed by atoms with Gasteiger partial charge in [0.15, 0.2) is 0 Å². The fraction of sp³-hybridized carbons (Fsp3) is 1.00. The number of piperidine rings is 1. The molecule has 2 aliphatic rings. The topological polar surface area (TPSA) is 12.0 Å². The van der Waals surface area contributed by atoms with E-state index in [4.69, 9.17) is 0 Å². The van der Waals surface area contributed by atoms with Gasteiger partial charge in [0.2, 0.25) is 0 Å². The summed E-state index contributed by atoms with van der Waals surface area (Å²) in [5, 5.41) is 3.44. The molecule has 0 amide bonds. The van der Waals surface area contributed by atoms with Crippen LogP contribution in [0.5, 0.6) is 0 Å². The molecule has 1 N–H and O–H groups in total. The van der Waals surface area contributed by atoms with Crippen LogP contribution < -0.4 is 5.32 Å². The van der Waals surface area contributed by atoms with Crippen LogP contribution in [0.25, 0.3) is 0 Å². The van der Waals surface area contributed by atoms with Crippen molar-refractivity contribution in [1.29, 1.82) is 0 Å². The predicted molar refractivity (Wildman–Crippen MR) is 59.4 cm³/mol. The highest BCUT2D eigenvalue weighted by Crippen LogP contribution is 2.32. The molecule has 0 atom stereocenters. The molecule has 0 aromatic carbocycles. The average molecular weight is 204 g/mol. The molecule has 1 aliphatic carbocycles. The minimum absolute atomic E-state index is 0. The maximum absolute atomic E-state index is 3.44. The second-order valence-electron chi connectivity index (χ2n) is 4.58. The molecule has 1 aliphatic heterocycles. The van der Waals surface area contributed by atoms with E-state index in [9.17, 15) is 0 Å². The quantitative estimate of drug-likeness (QED) is 0.728. The van der Waals surface area contributed by atoms with Crippen molar-refractivity contribution in [3.63, 3.8) is 0 Å². The molecule has 0 unspecified atom stereocenters. The van der Waals surface area contributed by atoms with E-state index in [2.05, 4.69) is 5.32 Å². The van der Waals surface area contributed by atoms with Gasteiger partial charge in [-0.25, -0.2) is 0 Å². The Bertz CT molecular complexity index is 126. The first-order valence-corrected chi connectivity index (χ1v) is 5.66. The zero-order valence-electron chi connectivity index (χ0n) is 8.43. The molecule has 2 heteroatoms. The van der Waals surface area contributed by atoms with Crippen LogP contribution in [0.3, 0.4) is 0 Å². The summed E-state index contributed by atoms with van der Waals surface area (Å²) >= 11 is 0. The molecule has 0 bridgehead atoms. The van der Waals surface area contributed by atoms with Gasteiger partial charge in [0.25, 0.3) is 0 Å². The monoisotopic (exact) mass is 203 g/mol. The Hall–Kier alpha value is 0.250. The summed E-state index contributed by atoms with van der Waals surface area (Å²) in [7, 11) is 0. The Labute approximate surface area is 88.1 Å². The van der Waals surface area contributed by atoms with Crippen LogP contribution >= 0.6 is 12.4 Å². The van der Waals surface area contributed by atoms with Crippen molar-refractivity contribution in [2.45, 2.75) is 44.9 Å². The molecule has 1 saturated heterocycles. The summed E-state index contributed by atoms with van der Waals surface area (Å²) in [5.41, 5.74) is 0. The Morgan fingerprint density at radius 1 is 0.846 bits per heavy atom. The molecule has 0 aromatic heterocycles. The molecule has 2 rings (SSSR count). The maximum Gasteiger partial charge on any atom is -0.00463 e. The lowest BCUT2D eigenvalue weighted by Crippen LogP contribution is -2.28. The summed E-state index contributed by atoms with van der Waals surface area (Å²) < 4.78 is 0. The molecular formula is C11H22ClN. The van der Waals surface area contributed by atoms with E-state index in [1.54, 1.807) is 6.42 Å². The van der Waals surface area contributed by atoms with Crippen molar-refractivity contribution in [1.82, 2.24) is 5.32 Å². The van der Waals surface area contributed by atoms with Gasteiger partial charge in [0.1, 0.15) is 0 Å². The number of halogens is 1. The van der Waals surface area contributed by atoms with Crippen LogP contribution in [0.4, 0.5) is 0 Å². The largest absolute Gasteiger partial charge is 0.317 e. The third kappa shape index (κ3) is 3.47. The van der Waals surface area contributed by atoms with Gasteiger partial charge in [-0.2, -0.15) is 0 Å². The highest BCUT2D eigenvalue weighted by Gasteiger charge is 2.21. The molecule has 78 valence electrons. The van der Waals surface area contributed by atoms with Crippen molar-refractivity contribution in [3.05, 3.63) is 0 Å². The van der Waals surface area contributed by atoms with Gasteiger partial charge in [-0.3, -0.25) is 0 Å². The van der Waals surface area contributed by atoms with Gasteiger partial charge in [-0.15, -0.1) is 12.4 Å². The fourth-order valence-corrected chi connectivity index (χ4v) is 2.83. The lowest BCUT2D eigenvalue weighted by Gasteiger charge is -2.24. The molecule has 0 radical (unpaired) electrons. The summed E-state index contributed by atoms with van der Waals surface area (Å²) in [4.78, 5) is 0. The maximum atomic E-state index is 3.44. The van der Waals surface area contributed by atoms with Crippen LogP contribution in [-0.4, -0.2) is 13.1 Å². The van der Waals surface area contributed by atoms with E-state index in [0.29, 0.717) is 0 Å².